The largest absolute Gasteiger partial charge is 0.330 e. The minimum absolute atomic E-state index is 0.844. The Morgan fingerprint density at radius 3 is 2.64 bits per heavy atom. The number of allylic oxidation sites excluding steroid dienone is 2. The highest BCUT2D eigenvalue weighted by atomic mass is 14.6. The van der Waals surface area contributed by atoms with E-state index in [-0.39, 0.29) is 0 Å². The summed E-state index contributed by atoms with van der Waals surface area (Å²) in [6.07, 6.45) is 10.3. The summed E-state index contributed by atoms with van der Waals surface area (Å²) in [6, 6.07) is 0. The van der Waals surface area contributed by atoms with Gasteiger partial charge < -0.3 is 5.73 Å². The Morgan fingerprint density at radius 2 is 2.14 bits per heavy atom. The van der Waals surface area contributed by atoms with Crippen molar-refractivity contribution in [3.05, 3.63) is 11.6 Å². The van der Waals surface area contributed by atoms with Crippen molar-refractivity contribution in [2.45, 2.75) is 52.4 Å². The molecule has 0 radical (unpaired) electrons. The van der Waals surface area contributed by atoms with Crippen molar-refractivity contribution in [2.75, 3.05) is 6.54 Å². The fourth-order valence-corrected chi connectivity index (χ4v) is 2.17. The van der Waals surface area contributed by atoms with Crippen LogP contribution in [0.15, 0.2) is 11.6 Å². The molecule has 0 bridgehead atoms. The summed E-state index contributed by atoms with van der Waals surface area (Å²) >= 11 is 0. The minimum Gasteiger partial charge on any atom is -0.330 e. The van der Waals surface area contributed by atoms with Gasteiger partial charge in [0.25, 0.3) is 0 Å². The summed E-state index contributed by atoms with van der Waals surface area (Å²) in [5.74, 6) is 1.77. The van der Waals surface area contributed by atoms with Gasteiger partial charge in [0.05, 0.1) is 0 Å². The lowest BCUT2D eigenvalue weighted by atomic mass is 10.0. The van der Waals surface area contributed by atoms with Crippen molar-refractivity contribution in [3.8, 4) is 0 Å². The number of hydrogen-bond acceptors (Lipinski definition) is 1. The predicted molar refractivity (Wildman–Crippen MR) is 63.2 cm³/mol. The average Bonchev–Trinajstić information content (AvgIpc) is 2.93. The number of rotatable bonds is 7. The Morgan fingerprint density at radius 1 is 1.36 bits per heavy atom. The Kier molecular flexibility index (Phi) is 5.24. The summed E-state index contributed by atoms with van der Waals surface area (Å²) < 4.78 is 0. The van der Waals surface area contributed by atoms with Crippen LogP contribution < -0.4 is 5.73 Å². The maximum absolute atomic E-state index is 5.65. The molecule has 0 heterocycles. The summed E-state index contributed by atoms with van der Waals surface area (Å²) in [5.41, 5.74) is 7.34. The molecule has 0 aromatic carbocycles. The van der Waals surface area contributed by atoms with E-state index in [1.807, 2.05) is 0 Å². The van der Waals surface area contributed by atoms with E-state index < -0.39 is 0 Å². The summed E-state index contributed by atoms with van der Waals surface area (Å²) in [4.78, 5) is 0. The fraction of sp³-hybridized carbons (Fsp3) is 0.846. The first-order valence-electron chi connectivity index (χ1n) is 6.19. The van der Waals surface area contributed by atoms with Crippen LogP contribution in [0.1, 0.15) is 52.4 Å². The normalized spacial score (nSPS) is 26.6. The van der Waals surface area contributed by atoms with Gasteiger partial charge >= 0.3 is 0 Å². The van der Waals surface area contributed by atoms with Crippen LogP contribution in [0.5, 0.6) is 0 Å². The van der Waals surface area contributed by atoms with Crippen molar-refractivity contribution in [1.82, 2.24) is 0 Å². The third-order valence-corrected chi connectivity index (χ3v) is 3.24. The maximum atomic E-state index is 5.65. The monoisotopic (exact) mass is 195 g/mol. The highest BCUT2D eigenvalue weighted by Gasteiger charge is 2.35. The summed E-state index contributed by atoms with van der Waals surface area (Å²) in [7, 11) is 0. The molecular weight excluding hydrogens is 170 g/mol. The second-order valence-corrected chi connectivity index (χ2v) is 4.57. The average molecular weight is 195 g/mol. The van der Waals surface area contributed by atoms with E-state index in [1.165, 1.54) is 38.5 Å². The first kappa shape index (κ1) is 11.8. The number of hydrogen-bond donors (Lipinski definition) is 1. The standard InChI is InChI=1S/C13H25N/c1-3-5-7-11(6-4-2)8-12-9-13(12)10-14/h6,12-13H,3-5,7-10,14H2,1-2H3/b11-6+. The van der Waals surface area contributed by atoms with Gasteiger partial charge in [-0.25, -0.2) is 0 Å². The Bertz CT molecular complexity index is 184. The Labute approximate surface area is 88.8 Å². The molecule has 1 aliphatic rings. The first-order chi connectivity index (χ1) is 6.81. The molecule has 0 amide bonds. The van der Waals surface area contributed by atoms with Gasteiger partial charge in [0.2, 0.25) is 0 Å². The lowest BCUT2D eigenvalue weighted by molar-refractivity contribution is 0.662. The fourth-order valence-electron chi connectivity index (χ4n) is 2.17. The van der Waals surface area contributed by atoms with E-state index in [2.05, 4.69) is 19.9 Å². The summed E-state index contributed by atoms with van der Waals surface area (Å²) in [5, 5.41) is 0. The second kappa shape index (κ2) is 6.23. The zero-order valence-corrected chi connectivity index (χ0v) is 9.76. The van der Waals surface area contributed by atoms with E-state index in [9.17, 15) is 0 Å². The summed E-state index contributed by atoms with van der Waals surface area (Å²) in [6.45, 7) is 5.40. The van der Waals surface area contributed by atoms with E-state index >= 15 is 0 Å². The van der Waals surface area contributed by atoms with Crippen molar-refractivity contribution in [3.63, 3.8) is 0 Å². The van der Waals surface area contributed by atoms with E-state index in [1.54, 1.807) is 5.57 Å². The van der Waals surface area contributed by atoms with Crippen LogP contribution >= 0.6 is 0 Å². The van der Waals surface area contributed by atoms with Crippen molar-refractivity contribution in [2.24, 2.45) is 17.6 Å². The molecule has 2 N–H and O–H groups in total. The predicted octanol–water partition coefficient (Wildman–Crippen LogP) is 3.50. The van der Waals surface area contributed by atoms with E-state index in [0.717, 1.165) is 18.4 Å². The molecule has 82 valence electrons. The van der Waals surface area contributed by atoms with Gasteiger partial charge in [0.1, 0.15) is 0 Å². The molecule has 1 heteroatoms. The van der Waals surface area contributed by atoms with Gasteiger partial charge in [-0.2, -0.15) is 0 Å². The van der Waals surface area contributed by atoms with Gasteiger partial charge in [-0.15, -0.1) is 0 Å². The molecule has 0 saturated heterocycles. The zero-order chi connectivity index (χ0) is 10.4. The SMILES string of the molecule is CC/C=C(\CCCC)CC1CC1CN. The third kappa shape index (κ3) is 3.83. The van der Waals surface area contributed by atoms with Crippen LogP contribution in [-0.2, 0) is 0 Å². The molecule has 0 aliphatic heterocycles. The lowest BCUT2D eigenvalue weighted by Crippen LogP contribution is -2.02. The first-order valence-corrected chi connectivity index (χ1v) is 6.19. The van der Waals surface area contributed by atoms with Gasteiger partial charge in [-0.1, -0.05) is 31.9 Å². The molecular formula is C13H25N. The molecule has 1 rings (SSSR count). The van der Waals surface area contributed by atoms with Crippen molar-refractivity contribution >= 4 is 0 Å². The van der Waals surface area contributed by atoms with Crippen LogP contribution in [-0.4, -0.2) is 6.54 Å². The van der Waals surface area contributed by atoms with Crippen molar-refractivity contribution < 1.29 is 0 Å². The molecule has 1 saturated carbocycles. The third-order valence-electron chi connectivity index (χ3n) is 3.24. The van der Waals surface area contributed by atoms with Gasteiger partial charge in [-0.3, -0.25) is 0 Å². The smallest absolute Gasteiger partial charge is 0.00460 e. The Balaban J connectivity index is 2.26. The molecule has 0 spiro atoms. The van der Waals surface area contributed by atoms with Gasteiger partial charge in [0, 0.05) is 0 Å². The highest BCUT2D eigenvalue weighted by Crippen LogP contribution is 2.42. The highest BCUT2D eigenvalue weighted by molar-refractivity contribution is 5.07. The molecule has 1 aliphatic carbocycles. The topological polar surface area (TPSA) is 26.0 Å². The van der Waals surface area contributed by atoms with E-state index in [0.29, 0.717) is 0 Å². The molecule has 1 nitrogen and oxygen atoms in total. The van der Waals surface area contributed by atoms with Crippen LogP contribution in [0.3, 0.4) is 0 Å². The molecule has 0 aromatic rings. The Hall–Kier alpha value is -0.300. The number of unbranched alkanes of at least 4 members (excludes halogenated alkanes) is 1. The minimum atomic E-state index is 0.844. The van der Waals surface area contributed by atoms with Crippen molar-refractivity contribution in [1.29, 1.82) is 0 Å². The van der Waals surface area contributed by atoms with E-state index in [4.69, 9.17) is 5.73 Å². The lowest BCUT2D eigenvalue weighted by Gasteiger charge is -2.06. The van der Waals surface area contributed by atoms with Crippen LogP contribution in [0.25, 0.3) is 0 Å². The molecule has 14 heavy (non-hydrogen) atoms. The molecule has 2 unspecified atom stereocenters. The zero-order valence-electron chi connectivity index (χ0n) is 9.76. The van der Waals surface area contributed by atoms with Crippen LogP contribution in [0, 0.1) is 11.8 Å². The van der Waals surface area contributed by atoms with Crippen LogP contribution in [0.2, 0.25) is 0 Å². The maximum Gasteiger partial charge on any atom is -0.00460 e. The molecule has 0 aromatic heterocycles. The quantitative estimate of drug-likeness (QED) is 0.618. The molecule has 1 fully saturated rings. The molecule has 2 atom stereocenters. The number of nitrogens with two attached hydrogens (primary N) is 1. The second-order valence-electron chi connectivity index (χ2n) is 4.57. The van der Waals surface area contributed by atoms with Gasteiger partial charge in [0.15, 0.2) is 0 Å². The van der Waals surface area contributed by atoms with Crippen LogP contribution in [0.4, 0.5) is 0 Å². The van der Waals surface area contributed by atoms with Gasteiger partial charge in [-0.05, 0) is 50.5 Å².